The maximum absolute atomic E-state index is 16.1. The molecule has 20 nitrogen and oxygen atoms in total. The molecule has 2 saturated carbocycles. The van der Waals surface area contributed by atoms with Crippen molar-refractivity contribution in [3.8, 4) is 0 Å². The van der Waals surface area contributed by atoms with Crippen molar-refractivity contribution in [2.24, 2.45) is 16.7 Å². The Morgan fingerprint density at radius 3 is 1.99 bits per heavy atom. The van der Waals surface area contributed by atoms with Gasteiger partial charge in [-0.15, -0.1) is 0 Å². The third-order valence-electron chi connectivity index (χ3n) is 14.6. The van der Waals surface area contributed by atoms with Gasteiger partial charge in [0.2, 0.25) is 5.91 Å². The summed E-state index contributed by atoms with van der Waals surface area (Å²) in [5, 5.41) is 69.3. The van der Waals surface area contributed by atoms with E-state index in [0.717, 1.165) is 13.8 Å². The Kier molecular flexibility index (Phi) is 15.6. The number of allylic oxidation sites excluding steroid dienone is 1. The van der Waals surface area contributed by atoms with Crippen molar-refractivity contribution in [3.05, 3.63) is 94.6 Å². The molecule has 3 aliphatic carbocycles. The van der Waals surface area contributed by atoms with Gasteiger partial charge >= 0.3 is 29.8 Å². The maximum Gasteiger partial charge on any atom is 0.338 e. The molecule has 380 valence electrons. The van der Waals surface area contributed by atoms with Crippen LogP contribution in [0.2, 0.25) is 0 Å². The van der Waals surface area contributed by atoms with Crippen molar-refractivity contribution in [2.45, 2.75) is 140 Å². The fraction of sp³-hybridized carbons (Fsp3) is 0.540. The van der Waals surface area contributed by atoms with Gasteiger partial charge in [0, 0.05) is 37.7 Å². The molecular formula is C50H61NO19. The van der Waals surface area contributed by atoms with Crippen molar-refractivity contribution in [1.29, 1.82) is 0 Å². The number of hydrogen-bond donors (Lipinski definition) is 7. The molecule has 1 amide bonds. The van der Waals surface area contributed by atoms with Gasteiger partial charge in [0.25, 0.3) is 0 Å². The first-order chi connectivity index (χ1) is 32.8. The summed E-state index contributed by atoms with van der Waals surface area (Å²) in [6, 6.07) is 14.1. The van der Waals surface area contributed by atoms with E-state index in [0.29, 0.717) is 5.56 Å². The number of carbonyl (C=O) groups is 7. The van der Waals surface area contributed by atoms with E-state index in [4.69, 9.17) is 28.4 Å². The number of ether oxygens (including phenoxy) is 6. The molecule has 1 heterocycles. The van der Waals surface area contributed by atoms with E-state index >= 15 is 4.79 Å². The minimum absolute atomic E-state index is 0.0375. The predicted molar refractivity (Wildman–Crippen MR) is 240 cm³/mol. The van der Waals surface area contributed by atoms with Crippen molar-refractivity contribution in [2.75, 3.05) is 13.2 Å². The molecular weight excluding hydrogens is 919 g/mol. The van der Waals surface area contributed by atoms with Crippen LogP contribution in [-0.2, 0) is 57.2 Å². The first-order valence-corrected chi connectivity index (χ1v) is 22.8. The topological polar surface area (TPSA) is 308 Å². The van der Waals surface area contributed by atoms with Crippen LogP contribution < -0.4 is 5.32 Å². The Balaban J connectivity index is 1.60. The second kappa shape index (κ2) is 20.5. The van der Waals surface area contributed by atoms with Gasteiger partial charge in [-0.05, 0) is 56.5 Å². The number of fused-ring (bicyclic) bond motifs is 5. The SMILES string of the molecule is C/C=C(\C)C(=O)N[C@@H](c1ccccc1)[C@@H](O)C(=O)O[C@H]1C[C@@]2(O)[C@@H](OC(=O)c3ccccc3)[C@@H]3[C@]4(OC(C)=O)CO[C@@H]4C[C@H](OC(=O)[C@H](O)[C@@H](O)[C@H](O)CO)[C@@]3(C)C(=O)[C@H](OC(C)=O)C(=C1C)C2(C)C. The number of benzene rings is 2. The standard InChI is InChI=1S/C50H61NO19/c1-9-24(2)43(60)51-35(28-16-12-10-13-17-28)37(57)45(62)67-31-21-50(64)42(69-44(61)29-18-14-11-15-19-29)40-48(8,41(59)39(66-26(4)53)34(25(31)3)47(50,6)7)32(20-33-49(40,23-65-33)70-27(5)54)68-46(63)38(58)36(56)30(55)22-52/h9-19,30-33,35-40,42,52,55-58,64H,20-23H2,1-8H3,(H,51,60)/b24-9+/t30-,31+,32+,33-,35+,36+,37-,38-,39-,40+,42+,48-,49+,50-/m1/s1. The minimum atomic E-state index is -2.59. The van der Waals surface area contributed by atoms with Crippen LogP contribution >= 0.6 is 0 Å². The Labute approximate surface area is 403 Å². The van der Waals surface area contributed by atoms with Gasteiger partial charge in [0.1, 0.15) is 42.2 Å². The van der Waals surface area contributed by atoms with Crippen molar-refractivity contribution in [1.82, 2.24) is 5.32 Å². The number of rotatable bonds is 15. The molecule has 2 bridgehead atoms. The molecule has 4 aliphatic rings. The molecule has 14 atom stereocenters. The normalized spacial score (nSPS) is 31.2. The lowest BCUT2D eigenvalue weighted by Crippen LogP contribution is -2.82. The number of aliphatic hydroxyl groups excluding tert-OH is 5. The number of ketones is 1. The average Bonchev–Trinajstić information content (AvgIpc) is 3.32. The molecule has 3 fully saturated rings. The third kappa shape index (κ3) is 9.40. The average molecular weight is 980 g/mol. The molecule has 7 N–H and O–H groups in total. The van der Waals surface area contributed by atoms with Crippen LogP contribution in [0, 0.1) is 16.7 Å². The molecule has 2 aromatic rings. The highest BCUT2D eigenvalue weighted by molar-refractivity contribution is 5.96. The quantitative estimate of drug-likeness (QED) is 0.0567. The highest BCUT2D eigenvalue weighted by Gasteiger charge is 2.79. The highest BCUT2D eigenvalue weighted by atomic mass is 16.6. The maximum atomic E-state index is 16.1. The fourth-order valence-electron chi connectivity index (χ4n) is 10.6. The Morgan fingerprint density at radius 1 is 0.843 bits per heavy atom. The van der Waals surface area contributed by atoms with Gasteiger partial charge in [0.05, 0.1) is 36.2 Å². The van der Waals surface area contributed by atoms with Crippen LogP contribution in [0.15, 0.2) is 83.5 Å². The van der Waals surface area contributed by atoms with Crippen LogP contribution in [0.25, 0.3) is 0 Å². The lowest BCUT2D eigenvalue weighted by molar-refractivity contribution is -0.347. The van der Waals surface area contributed by atoms with Gasteiger partial charge in [0.15, 0.2) is 29.7 Å². The summed E-state index contributed by atoms with van der Waals surface area (Å²) in [5.74, 6) is -9.46. The second-order valence-corrected chi connectivity index (χ2v) is 19.1. The Hall–Kier alpha value is -5.87. The highest BCUT2D eigenvalue weighted by Crippen LogP contribution is 2.65. The molecule has 0 spiro atoms. The molecule has 0 aromatic heterocycles. The van der Waals surface area contributed by atoms with Gasteiger partial charge in [-0.1, -0.05) is 68.5 Å². The van der Waals surface area contributed by atoms with Crippen LogP contribution in [0.1, 0.15) is 90.2 Å². The molecule has 70 heavy (non-hydrogen) atoms. The van der Waals surface area contributed by atoms with Gasteiger partial charge < -0.3 is 64.4 Å². The Bertz CT molecular complexity index is 2420. The summed E-state index contributed by atoms with van der Waals surface area (Å²) < 4.78 is 36.3. The minimum Gasteiger partial charge on any atom is -0.459 e. The number of amides is 1. The molecule has 0 radical (unpaired) electrons. The predicted octanol–water partition coefficient (Wildman–Crippen LogP) is 1.01. The lowest BCUT2D eigenvalue weighted by Gasteiger charge is -2.67. The van der Waals surface area contributed by atoms with Crippen molar-refractivity contribution < 1.29 is 92.6 Å². The van der Waals surface area contributed by atoms with E-state index in [-0.39, 0.29) is 22.3 Å². The van der Waals surface area contributed by atoms with E-state index in [1.807, 2.05) is 0 Å². The molecule has 0 unspecified atom stereocenters. The Morgan fingerprint density at radius 2 is 1.44 bits per heavy atom. The number of nitrogens with one attached hydrogen (secondary N) is 1. The summed E-state index contributed by atoms with van der Waals surface area (Å²) in [6.45, 7) is 9.26. The first-order valence-electron chi connectivity index (χ1n) is 22.8. The fourth-order valence-corrected chi connectivity index (χ4v) is 10.6. The van der Waals surface area contributed by atoms with Crippen LogP contribution in [-0.4, -0.2) is 152 Å². The van der Waals surface area contributed by atoms with Gasteiger partial charge in [-0.25, -0.2) is 14.4 Å². The zero-order valence-corrected chi connectivity index (χ0v) is 40.0. The van der Waals surface area contributed by atoms with E-state index in [2.05, 4.69) is 5.32 Å². The summed E-state index contributed by atoms with van der Waals surface area (Å²) >= 11 is 0. The zero-order valence-electron chi connectivity index (χ0n) is 40.0. The summed E-state index contributed by atoms with van der Waals surface area (Å²) in [4.78, 5) is 98.5. The number of hydrogen-bond acceptors (Lipinski definition) is 19. The van der Waals surface area contributed by atoms with E-state index in [9.17, 15) is 59.4 Å². The lowest BCUT2D eigenvalue weighted by atomic mass is 9.44. The number of carbonyl (C=O) groups excluding carboxylic acids is 7. The number of aliphatic hydroxyl groups is 6. The monoisotopic (exact) mass is 979 g/mol. The van der Waals surface area contributed by atoms with Crippen LogP contribution in [0.4, 0.5) is 0 Å². The van der Waals surface area contributed by atoms with Gasteiger partial charge in [-0.2, -0.15) is 0 Å². The van der Waals surface area contributed by atoms with Crippen LogP contribution in [0.3, 0.4) is 0 Å². The van der Waals surface area contributed by atoms with Crippen molar-refractivity contribution in [3.63, 3.8) is 0 Å². The van der Waals surface area contributed by atoms with E-state index in [1.54, 1.807) is 43.3 Å². The molecule has 1 aliphatic heterocycles. The molecule has 1 saturated heterocycles. The largest absolute Gasteiger partial charge is 0.459 e. The zero-order chi connectivity index (χ0) is 51.8. The smallest absolute Gasteiger partial charge is 0.338 e. The van der Waals surface area contributed by atoms with E-state index in [1.165, 1.54) is 65.0 Å². The molecule has 6 rings (SSSR count). The molecule has 20 heteroatoms. The molecule has 2 aromatic carbocycles. The number of esters is 5. The summed E-state index contributed by atoms with van der Waals surface area (Å²) in [7, 11) is 0. The van der Waals surface area contributed by atoms with Gasteiger partial charge in [-0.3, -0.25) is 19.2 Å². The van der Waals surface area contributed by atoms with Crippen LogP contribution in [0.5, 0.6) is 0 Å². The third-order valence-corrected chi connectivity index (χ3v) is 14.6. The second-order valence-electron chi connectivity index (χ2n) is 19.1. The number of Topliss-reactive ketones (excluding diaryl/α,β-unsaturated/α-hetero) is 1. The summed E-state index contributed by atoms with van der Waals surface area (Å²) in [6.07, 6.45) is -17.5. The summed E-state index contributed by atoms with van der Waals surface area (Å²) in [5.41, 5.74) is -8.44. The van der Waals surface area contributed by atoms with Crippen molar-refractivity contribution >= 4 is 41.5 Å². The first kappa shape index (κ1) is 53.5. The van der Waals surface area contributed by atoms with E-state index < -0.39 is 157 Å².